The van der Waals surface area contributed by atoms with E-state index in [1.165, 1.54) is 18.3 Å². The Labute approximate surface area is 110 Å². The van der Waals surface area contributed by atoms with Gasteiger partial charge in [0.2, 0.25) is 5.91 Å². The second-order valence-electron chi connectivity index (χ2n) is 3.74. The molecular formula is C11H17N3O3S. The monoisotopic (exact) mass is 271 g/mol. The number of carboxylic acids is 1. The summed E-state index contributed by atoms with van der Waals surface area (Å²) in [6.45, 7) is 7.60. The first-order chi connectivity index (χ1) is 8.47. The van der Waals surface area contributed by atoms with Gasteiger partial charge in [-0.3, -0.25) is 9.69 Å². The lowest BCUT2D eigenvalue weighted by molar-refractivity contribution is -0.114. The molecule has 7 heteroatoms. The van der Waals surface area contributed by atoms with E-state index in [1.807, 2.05) is 13.8 Å². The van der Waals surface area contributed by atoms with Crippen LogP contribution in [0.5, 0.6) is 0 Å². The van der Waals surface area contributed by atoms with Gasteiger partial charge in [-0.1, -0.05) is 25.2 Å². The molecule has 0 aliphatic rings. The summed E-state index contributed by atoms with van der Waals surface area (Å²) in [6, 6.07) is 0. The smallest absolute Gasteiger partial charge is 0.355 e. The van der Waals surface area contributed by atoms with Gasteiger partial charge in [0.25, 0.3) is 0 Å². The van der Waals surface area contributed by atoms with Gasteiger partial charge in [-0.2, -0.15) is 0 Å². The molecule has 0 aliphatic heterocycles. The topological polar surface area (TPSA) is 82.5 Å². The Balaban J connectivity index is 2.97. The fraction of sp³-hybridized carbons (Fsp3) is 0.545. The number of nitrogens with one attached hydrogen (secondary N) is 1. The number of anilines is 1. The Morgan fingerprint density at radius 1 is 1.39 bits per heavy atom. The lowest BCUT2D eigenvalue weighted by atomic mass is 10.3. The summed E-state index contributed by atoms with van der Waals surface area (Å²) in [5.74, 6) is -1.32. The molecule has 0 saturated heterocycles. The Hall–Kier alpha value is -1.47. The van der Waals surface area contributed by atoms with Crippen molar-refractivity contribution in [3.63, 3.8) is 0 Å². The van der Waals surface area contributed by atoms with Crippen molar-refractivity contribution in [1.82, 2.24) is 9.88 Å². The van der Waals surface area contributed by atoms with Crippen molar-refractivity contribution in [2.45, 2.75) is 27.3 Å². The molecule has 6 nitrogen and oxygen atoms in total. The van der Waals surface area contributed by atoms with E-state index in [0.717, 1.165) is 13.1 Å². The van der Waals surface area contributed by atoms with Gasteiger partial charge in [0.15, 0.2) is 10.8 Å². The molecule has 2 N–H and O–H groups in total. The third-order valence-corrected chi connectivity index (χ3v) is 3.40. The zero-order chi connectivity index (χ0) is 13.7. The van der Waals surface area contributed by atoms with Gasteiger partial charge in [-0.15, -0.1) is 0 Å². The molecule has 0 atom stereocenters. The first kappa shape index (κ1) is 14.6. The van der Waals surface area contributed by atoms with Crippen LogP contribution in [0.3, 0.4) is 0 Å². The van der Waals surface area contributed by atoms with E-state index in [2.05, 4.69) is 15.2 Å². The van der Waals surface area contributed by atoms with Crippen LogP contribution in [0.2, 0.25) is 0 Å². The number of carbonyl (C=O) groups is 2. The molecule has 0 unspecified atom stereocenters. The van der Waals surface area contributed by atoms with Crippen LogP contribution in [0.1, 0.15) is 36.1 Å². The summed E-state index contributed by atoms with van der Waals surface area (Å²) in [7, 11) is 0. The Bertz CT molecular complexity index is 441. The number of aromatic carboxylic acids is 1. The highest BCUT2D eigenvalue weighted by Gasteiger charge is 2.19. The van der Waals surface area contributed by atoms with Crippen LogP contribution >= 0.6 is 11.3 Å². The second-order valence-corrected chi connectivity index (χ2v) is 4.82. The number of carbonyl (C=O) groups excluding carboxylic acids is 1. The number of carboxylic acid groups (broad SMARTS) is 1. The molecule has 1 aromatic rings. The molecule has 18 heavy (non-hydrogen) atoms. The largest absolute Gasteiger partial charge is 0.476 e. The van der Waals surface area contributed by atoms with Crippen LogP contribution in [0.4, 0.5) is 5.13 Å². The fourth-order valence-corrected chi connectivity index (χ4v) is 2.52. The molecule has 0 aliphatic carbocycles. The molecule has 0 spiro atoms. The van der Waals surface area contributed by atoms with Crippen molar-refractivity contribution in [2.24, 2.45) is 0 Å². The Morgan fingerprint density at radius 2 is 2.00 bits per heavy atom. The highest BCUT2D eigenvalue weighted by molar-refractivity contribution is 7.16. The minimum atomic E-state index is -1.06. The van der Waals surface area contributed by atoms with Gasteiger partial charge >= 0.3 is 5.97 Å². The van der Waals surface area contributed by atoms with E-state index in [4.69, 9.17) is 5.11 Å². The zero-order valence-corrected chi connectivity index (χ0v) is 11.5. The minimum absolute atomic E-state index is 0.0238. The molecule has 1 amide bonds. The number of hydrogen-bond donors (Lipinski definition) is 2. The predicted octanol–water partition coefficient (Wildman–Crippen LogP) is 1.64. The number of thiazole rings is 1. The number of hydrogen-bond acceptors (Lipinski definition) is 5. The van der Waals surface area contributed by atoms with Gasteiger partial charge in [-0.05, 0) is 13.1 Å². The summed E-state index contributed by atoms with van der Waals surface area (Å²) in [6.07, 6.45) is 0. The van der Waals surface area contributed by atoms with Crippen LogP contribution in [0.15, 0.2) is 0 Å². The number of amides is 1. The third kappa shape index (κ3) is 3.78. The van der Waals surface area contributed by atoms with Crippen molar-refractivity contribution in [1.29, 1.82) is 0 Å². The van der Waals surface area contributed by atoms with Crippen molar-refractivity contribution in [2.75, 3.05) is 18.4 Å². The SMILES string of the molecule is CCN(CC)Cc1sc(NC(C)=O)nc1C(=O)O. The van der Waals surface area contributed by atoms with E-state index in [0.29, 0.717) is 16.6 Å². The summed E-state index contributed by atoms with van der Waals surface area (Å²) in [4.78, 5) is 28.7. The first-order valence-corrected chi connectivity index (χ1v) is 6.52. The van der Waals surface area contributed by atoms with Crippen LogP contribution < -0.4 is 5.32 Å². The minimum Gasteiger partial charge on any atom is -0.476 e. The highest BCUT2D eigenvalue weighted by atomic mass is 32.1. The number of aromatic nitrogens is 1. The van der Waals surface area contributed by atoms with E-state index >= 15 is 0 Å². The van der Waals surface area contributed by atoms with E-state index in [1.54, 1.807) is 0 Å². The lowest BCUT2D eigenvalue weighted by Gasteiger charge is -2.16. The maximum Gasteiger partial charge on any atom is 0.355 e. The highest BCUT2D eigenvalue weighted by Crippen LogP contribution is 2.24. The third-order valence-electron chi connectivity index (χ3n) is 2.44. The van der Waals surface area contributed by atoms with Crippen LogP contribution in [0, 0.1) is 0 Å². The molecular weight excluding hydrogens is 254 g/mol. The fourth-order valence-electron chi connectivity index (χ4n) is 1.48. The summed E-state index contributed by atoms with van der Waals surface area (Å²) in [5, 5.41) is 11.9. The maximum absolute atomic E-state index is 11.1. The normalized spacial score (nSPS) is 10.7. The first-order valence-electron chi connectivity index (χ1n) is 5.70. The zero-order valence-electron chi connectivity index (χ0n) is 10.7. The summed E-state index contributed by atoms with van der Waals surface area (Å²) < 4.78 is 0. The van der Waals surface area contributed by atoms with Crippen molar-refractivity contribution >= 4 is 28.3 Å². The van der Waals surface area contributed by atoms with E-state index in [9.17, 15) is 9.59 Å². The predicted molar refractivity (Wildman–Crippen MR) is 70.0 cm³/mol. The molecule has 0 radical (unpaired) electrons. The molecule has 0 saturated carbocycles. The summed E-state index contributed by atoms with van der Waals surface area (Å²) in [5.41, 5.74) is 0.0238. The molecule has 1 heterocycles. The molecule has 1 rings (SSSR count). The van der Waals surface area contributed by atoms with Crippen LogP contribution in [-0.2, 0) is 11.3 Å². The van der Waals surface area contributed by atoms with Crippen LogP contribution in [-0.4, -0.2) is 40.0 Å². The van der Waals surface area contributed by atoms with Crippen LogP contribution in [0.25, 0.3) is 0 Å². The molecule has 0 bridgehead atoms. The number of nitrogens with zero attached hydrogens (tertiary/aromatic N) is 2. The van der Waals surface area contributed by atoms with Gasteiger partial charge in [-0.25, -0.2) is 9.78 Å². The van der Waals surface area contributed by atoms with Crippen molar-refractivity contribution < 1.29 is 14.7 Å². The maximum atomic E-state index is 11.1. The molecule has 100 valence electrons. The van der Waals surface area contributed by atoms with Gasteiger partial charge < -0.3 is 10.4 Å². The van der Waals surface area contributed by atoms with E-state index in [-0.39, 0.29) is 11.6 Å². The molecule has 0 fully saturated rings. The quantitative estimate of drug-likeness (QED) is 0.822. The Kier molecular flexibility index (Phi) is 5.24. The molecule has 1 aromatic heterocycles. The summed E-state index contributed by atoms with van der Waals surface area (Å²) >= 11 is 1.21. The molecule has 0 aromatic carbocycles. The average Bonchev–Trinajstić information content (AvgIpc) is 2.67. The standard InChI is InChI=1S/C11H17N3O3S/c1-4-14(5-2)6-8-9(10(16)17)13-11(18-8)12-7(3)15/h4-6H2,1-3H3,(H,16,17)(H,12,13,15). The Morgan fingerprint density at radius 3 is 2.44 bits per heavy atom. The van der Waals surface area contributed by atoms with Gasteiger partial charge in [0.05, 0.1) is 4.88 Å². The van der Waals surface area contributed by atoms with Gasteiger partial charge in [0.1, 0.15) is 0 Å². The van der Waals surface area contributed by atoms with E-state index < -0.39 is 5.97 Å². The van der Waals surface area contributed by atoms with Gasteiger partial charge in [0, 0.05) is 13.5 Å². The number of rotatable bonds is 6. The lowest BCUT2D eigenvalue weighted by Crippen LogP contribution is -2.22. The van der Waals surface area contributed by atoms with Crippen molar-refractivity contribution in [3.05, 3.63) is 10.6 Å². The average molecular weight is 271 g/mol. The van der Waals surface area contributed by atoms with Crippen molar-refractivity contribution in [3.8, 4) is 0 Å². The second kappa shape index (κ2) is 6.46.